The molecular formula is C22H22N4O2S. The number of para-hydroxylation sites is 1. The molecule has 148 valence electrons. The first-order chi connectivity index (χ1) is 14.0. The van der Waals surface area contributed by atoms with E-state index >= 15 is 0 Å². The smallest absolute Gasteiger partial charge is 0.203 e. The van der Waals surface area contributed by atoms with Crippen molar-refractivity contribution in [1.29, 1.82) is 0 Å². The summed E-state index contributed by atoms with van der Waals surface area (Å²) in [6.07, 6.45) is 1.08. The minimum absolute atomic E-state index is 0.208. The number of ketones is 1. The van der Waals surface area contributed by atoms with Crippen LogP contribution in [0, 0.1) is 0 Å². The Morgan fingerprint density at radius 1 is 1.07 bits per heavy atom. The van der Waals surface area contributed by atoms with E-state index in [2.05, 4.69) is 16.8 Å². The SMILES string of the molecule is CC(=O)c1c(=O)c2ccc(N3CCCN(C)CC3)nc2n2c1sc1ccccc12. The van der Waals surface area contributed by atoms with Crippen LogP contribution < -0.4 is 10.3 Å². The van der Waals surface area contributed by atoms with E-state index in [1.165, 1.54) is 18.3 Å². The number of anilines is 1. The zero-order chi connectivity index (χ0) is 20.1. The van der Waals surface area contributed by atoms with Crippen LogP contribution in [0.4, 0.5) is 5.82 Å². The quantitative estimate of drug-likeness (QED) is 0.478. The Bertz CT molecular complexity index is 1320. The van der Waals surface area contributed by atoms with Gasteiger partial charge in [0.05, 0.1) is 21.2 Å². The van der Waals surface area contributed by atoms with Crippen molar-refractivity contribution in [3.05, 3.63) is 52.2 Å². The van der Waals surface area contributed by atoms with Gasteiger partial charge in [0.15, 0.2) is 11.4 Å². The fourth-order valence-corrected chi connectivity index (χ4v) is 5.37. The van der Waals surface area contributed by atoms with E-state index in [-0.39, 0.29) is 16.8 Å². The van der Waals surface area contributed by atoms with Crippen LogP contribution in [0.2, 0.25) is 0 Å². The lowest BCUT2D eigenvalue weighted by Gasteiger charge is -2.22. The molecule has 0 atom stereocenters. The van der Waals surface area contributed by atoms with E-state index in [1.54, 1.807) is 0 Å². The van der Waals surface area contributed by atoms with Crippen LogP contribution >= 0.6 is 11.3 Å². The zero-order valence-corrected chi connectivity index (χ0v) is 17.3. The Labute approximate surface area is 172 Å². The van der Waals surface area contributed by atoms with E-state index in [9.17, 15) is 9.59 Å². The maximum atomic E-state index is 13.2. The van der Waals surface area contributed by atoms with Gasteiger partial charge in [0.1, 0.15) is 10.6 Å². The van der Waals surface area contributed by atoms with Crippen LogP contribution in [-0.2, 0) is 0 Å². The third-order valence-corrected chi connectivity index (χ3v) is 6.81. The summed E-state index contributed by atoms with van der Waals surface area (Å²) in [4.78, 5) is 35.7. The van der Waals surface area contributed by atoms with Crippen LogP contribution in [0.1, 0.15) is 23.7 Å². The van der Waals surface area contributed by atoms with Crippen molar-refractivity contribution in [2.24, 2.45) is 0 Å². The summed E-state index contributed by atoms with van der Waals surface area (Å²) >= 11 is 1.47. The normalized spacial score (nSPS) is 16.0. The molecule has 29 heavy (non-hydrogen) atoms. The number of thiazole rings is 1. The molecule has 1 aliphatic rings. The third-order valence-electron chi connectivity index (χ3n) is 5.67. The Hall–Kier alpha value is -2.77. The highest BCUT2D eigenvalue weighted by Crippen LogP contribution is 2.31. The number of carbonyl (C=O) groups excluding carboxylic acids is 1. The molecule has 3 aromatic heterocycles. The maximum Gasteiger partial charge on any atom is 0.203 e. The predicted molar refractivity (Wildman–Crippen MR) is 119 cm³/mol. The molecular weight excluding hydrogens is 384 g/mol. The highest BCUT2D eigenvalue weighted by atomic mass is 32.1. The molecule has 1 aromatic carbocycles. The summed E-state index contributed by atoms with van der Waals surface area (Å²) in [5.41, 5.74) is 1.63. The van der Waals surface area contributed by atoms with E-state index in [1.807, 2.05) is 40.8 Å². The van der Waals surface area contributed by atoms with Crippen molar-refractivity contribution >= 4 is 49.0 Å². The fourth-order valence-electron chi connectivity index (χ4n) is 4.14. The zero-order valence-electron chi connectivity index (χ0n) is 16.5. The monoisotopic (exact) mass is 406 g/mol. The molecule has 4 heterocycles. The third kappa shape index (κ3) is 2.92. The number of hydrogen-bond donors (Lipinski definition) is 0. The van der Waals surface area contributed by atoms with Gasteiger partial charge in [-0.25, -0.2) is 4.98 Å². The van der Waals surface area contributed by atoms with Gasteiger partial charge in [0.2, 0.25) is 5.43 Å². The van der Waals surface area contributed by atoms with Crippen LogP contribution in [0.15, 0.2) is 41.2 Å². The second-order valence-corrected chi connectivity index (χ2v) is 8.69. The molecule has 1 saturated heterocycles. The summed E-state index contributed by atoms with van der Waals surface area (Å²) in [5, 5.41) is 0.493. The summed E-state index contributed by atoms with van der Waals surface area (Å²) in [6.45, 7) is 5.37. The van der Waals surface area contributed by atoms with Gasteiger partial charge in [0, 0.05) is 19.6 Å². The number of pyridine rings is 2. The van der Waals surface area contributed by atoms with Crippen molar-refractivity contribution in [2.75, 3.05) is 38.1 Å². The number of aromatic nitrogens is 2. The molecule has 6 nitrogen and oxygen atoms in total. The Morgan fingerprint density at radius 2 is 1.90 bits per heavy atom. The number of fused-ring (bicyclic) bond motifs is 5. The van der Waals surface area contributed by atoms with Crippen LogP contribution in [-0.4, -0.2) is 53.3 Å². The first-order valence-corrected chi connectivity index (χ1v) is 10.7. The summed E-state index contributed by atoms with van der Waals surface area (Å²) in [6, 6.07) is 11.7. The lowest BCUT2D eigenvalue weighted by atomic mass is 10.1. The molecule has 0 amide bonds. The number of hydrogen-bond acceptors (Lipinski definition) is 6. The van der Waals surface area contributed by atoms with Crippen molar-refractivity contribution in [1.82, 2.24) is 14.3 Å². The van der Waals surface area contributed by atoms with Crippen LogP contribution in [0.3, 0.4) is 0 Å². The molecule has 0 saturated carbocycles. The largest absolute Gasteiger partial charge is 0.355 e. The lowest BCUT2D eigenvalue weighted by Crippen LogP contribution is -2.29. The molecule has 0 N–H and O–H groups in total. The Morgan fingerprint density at radius 3 is 2.72 bits per heavy atom. The second kappa shape index (κ2) is 6.93. The van der Waals surface area contributed by atoms with E-state index < -0.39 is 0 Å². The van der Waals surface area contributed by atoms with Gasteiger partial charge >= 0.3 is 0 Å². The average Bonchev–Trinajstić information content (AvgIpc) is 2.95. The average molecular weight is 407 g/mol. The van der Waals surface area contributed by atoms with E-state index in [4.69, 9.17) is 4.98 Å². The van der Waals surface area contributed by atoms with Gasteiger partial charge in [-0.1, -0.05) is 12.1 Å². The first kappa shape index (κ1) is 18.3. The van der Waals surface area contributed by atoms with Crippen molar-refractivity contribution < 1.29 is 4.79 Å². The van der Waals surface area contributed by atoms with Gasteiger partial charge in [-0.3, -0.25) is 14.0 Å². The van der Waals surface area contributed by atoms with Crippen molar-refractivity contribution in [3.63, 3.8) is 0 Å². The van der Waals surface area contributed by atoms with Gasteiger partial charge in [-0.15, -0.1) is 11.3 Å². The molecule has 7 heteroatoms. The molecule has 0 spiro atoms. The van der Waals surface area contributed by atoms with Crippen LogP contribution in [0.25, 0.3) is 26.1 Å². The standard InChI is InChI=1S/C22H22N4O2S/c1-14(27)19-20(28)15-8-9-18(25-11-5-10-24(2)12-13-25)23-21(15)26-16-6-3-4-7-17(16)29-22(19)26/h3-4,6-9H,5,10-13H2,1-2H3. The maximum absolute atomic E-state index is 13.2. The van der Waals surface area contributed by atoms with Crippen LogP contribution in [0.5, 0.6) is 0 Å². The van der Waals surface area contributed by atoms with Gasteiger partial charge in [-0.05, 0) is 51.2 Å². The summed E-state index contributed by atoms with van der Waals surface area (Å²) in [7, 11) is 2.14. The number of nitrogens with zero attached hydrogens (tertiary/aromatic N) is 4. The van der Waals surface area contributed by atoms with Crippen molar-refractivity contribution in [2.45, 2.75) is 13.3 Å². The minimum atomic E-state index is -0.228. The molecule has 1 fully saturated rings. The van der Waals surface area contributed by atoms with Gasteiger partial charge in [-0.2, -0.15) is 0 Å². The lowest BCUT2D eigenvalue weighted by molar-refractivity contribution is 0.101. The highest BCUT2D eigenvalue weighted by molar-refractivity contribution is 7.24. The topological polar surface area (TPSA) is 57.9 Å². The number of likely N-dealkylation sites (N-methyl/N-ethyl adjacent to an activating group) is 1. The molecule has 1 aliphatic heterocycles. The first-order valence-electron chi connectivity index (χ1n) is 9.86. The Kier molecular flexibility index (Phi) is 4.37. The number of carbonyl (C=O) groups is 1. The molecule has 0 unspecified atom stereocenters. The predicted octanol–water partition coefficient (Wildman–Crippen LogP) is 3.41. The Balaban J connectivity index is 1.83. The molecule has 0 radical (unpaired) electrons. The molecule has 0 bridgehead atoms. The number of Topliss-reactive ketones (excluding diaryl/α,β-unsaturated/α-hetero) is 1. The molecule has 0 aliphatic carbocycles. The number of rotatable bonds is 2. The number of benzene rings is 1. The van der Waals surface area contributed by atoms with Gasteiger partial charge < -0.3 is 9.80 Å². The minimum Gasteiger partial charge on any atom is -0.355 e. The fraction of sp³-hybridized carbons (Fsp3) is 0.318. The van der Waals surface area contributed by atoms with Gasteiger partial charge in [0.25, 0.3) is 0 Å². The van der Waals surface area contributed by atoms with E-state index in [0.717, 1.165) is 48.6 Å². The highest BCUT2D eigenvalue weighted by Gasteiger charge is 2.21. The molecule has 4 aromatic rings. The summed E-state index contributed by atoms with van der Waals surface area (Å²) in [5.74, 6) is 0.674. The summed E-state index contributed by atoms with van der Waals surface area (Å²) < 4.78 is 3.02. The van der Waals surface area contributed by atoms with Crippen molar-refractivity contribution in [3.8, 4) is 0 Å². The second-order valence-electron chi connectivity index (χ2n) is 7.66. The molecule has 5 rings (SSSR count). The van der Waals surface area contributed by atoms with E-state index in [0.29, 0.717) is 15.9 Å².